The summed E-state index contributed by atoms with van der Waals surface area (Å²) in [5, 5.41) is 10.7. The highest BCUT2D eigenvalue weighted by Gasteiger charge is 2.16. The summed E-state index contributed by atoms with van der Waals surface area (Å²) >= 11 is 0. The molecule has 0 unspecified atom stereocenters. The smallest absolute Gasteiger partial charge is 0.241 e. The molecule has 0 aliphatic heterocycles. The molecule has 0 spiro atoms. The van der Waals surface area contributed by atoms with Crippen molar-refractivity contribution in [2.75, 3.05) is 44.4 Å². The van der Waals surface area contributed by atoms with Crippen LogP contribution in [0, 0.1) is 0 Å². The SMILES string of the molecule is CCNc1nc(N(C)CC(=O)N(C)C)c2cn[nH]c2n1. The fraction of sp³-hybridized carbons (Fsp3) is 0.500. The predicted octanol–water partition coefficient (Wildman–Crippen LogP) is 0.309. The standard InChI is InChI=1S/C12H19N7O/c1-5-13-12-15-10-8(6-14-17-10)11(16-12)19(4)7-9(20)18(2)3/h6H,5,7H2,1-4H3,(H2,13,14,15,16,17). The number of hydrogen-bond donors (Lipinski definition) is 2. The van der Waals surface area contributed by atoms with Gasteiger partial charge in [-0.3, -0.25) is 9.89 Å². The molecule has 2 aromatic heterocycles. The fourth-order valence-corrected chi connectivity index (χ4v) is 1.77. The number of nitrogens with zero attached hydrogens (tertiary/aromatic N) is 5. The molecule has 8 nitrogen and oxygen atoms in total. The molecule has 2 heterocycles. The zero-order valence-electron chi connectivity index (χ0n) is 12.1. The Kier molecular flexibility index (Phi) is 4.02. The van der Waals surface area contributed by atoms with Gasteiger partial charge in [-0.05, 0) is 6.92 Å². The maximum atomic E-state index is 11.8. The van der Waals surface area contributed by atoms with Gasteiger partial charge in [0.15, 0.2) is 5.65 Å². The molecule has 2 rings (SSSR count). The van der Waals surface area contributed by atoms with Crippen LogP contribution < -0.4 is 10.2 Å². The second-order valence-electron chi connectivity index (χ2n) is 4.68. The molecule has 20 heavy (non-hydrogen) atoms. The van der Waals surface area contributed by atoms with Crippen LogP contribution in [0.3, 0.4) is 0 Å². The first-order valence-electron chi connectivity index (χ1n) is 6.39. The predicted molar refractivity (Wildman–Crippen MR) is 77.8 cm³/mol. The van der Waals surface area contributed by atoms with Crippen LogP contribution in [-0.4, -0.2) is 65.2 Å². The second kappa shape index (κ2) is 5.72. The summed E-state index contributed by atoms with van der Waals surface area (Å²) in [5.41, 5.74) is 0.648. The Hall–Kier alpha value is -2.38. The summed E-state index contributed by atoms with van der Waals surface area (Å²) in [6.45, 7) is 2.94. The molecule has 0 atom stereocenters. The van der Waals surface area contributed by atoms with Crippen molar-refractivity contribution in [1.82, 2.24) is 25.1 Å². The van der Waals surface area contributed by atoms with E-state index >= 15 is 0 Å². The Morgan fingerprint density at radius 1 is 1.35 bits per heavy atom. The number of aromatic nitrogens is 4. The van der Waals surface area contributed by atoms with Crippen molar-refractivity contribution in [3.8, 4) is 0 Å². The van der Waals surface area contributed by atoms with Crippen molar-refractivity contribution < 1.29 is 4.79 Å². The van der Waals surface area contributed by atoms with Crippen LogP contribution in [0.5, 0.6) is 0 Å². The molecular weight excluding hydrogens is 258 g/mol. The van der Waals surface area contributed by atoms with E-state index < -0.39 is 0 Å². The number of nitrogens with one attached hydrogen (secondary N) is 2. The normalized spacial score (nSPS) is 10.6. The third kappa shape index (κ3) is 2.79. The van der Waals surface area contributed by atoms with Gasteiger partial charge < -0.3 is 15.1 Å². The van der Waals surface area contributed by atoms with Gasteiger partial charge in [0.25, 0.3) is 0 Å². The van der Waals surface area contributed by atoms with Gasteiger partial charge in [0.05, 0.1) is 18.1 Å². The quantitative estimate of drug-likeness (QED) is 0.817. The molecule has 0 saturated carbocycles. The highest BCUT2D eigenvalue weighted by molar-refractivity contribution is 5.90. The largest absolute Gasteiger partial charge is 0.354 e. The van der Waals surface area contributed by atoms with Gasteiger partial charge in [-0.2, -0.15) is 15.1 Å². The Bertz CT molecular complexity index is 607. The fourth-order valence-electron chi connectivity index (χ4n) is 1.77. The van der Waals surface area contributed by atoms with E-state index in [1.807, 2.05) is 14.0 Å². The number of aromatic amines is 1. The van der Waals surface area contributed by atoms with Crippen molar-refractivity contribution in [1.29, 1.82) is 0 Å². The van der Waals surface area contributed by atoms with E-state index in [0.29, 0.717) is 17.4 Å². The van der Waals surface area contributed by atoms with Gasteiger partial charge in [-0.1, -0.05) is 0 Å². The van der Waals surface area contributed by atoms with E-state index in [-0.39, 0.29) is 12.5 Å². The maximum Gasteiger partial charge on any atom is 0.241 e. The van der Waals surface area contributed by atoms with Gasteiger partial charge >= 0.3 is 0 Å². The van der Waals surface area contributed by atoms with Crippen molar-refractivity contribution in [3.05, 3.63) is 6.20 Å². The van der Waals surface area contributed by atoms with Gasteiger partial charge in [0.1, 0.15) is 5.82 Å². The third-order valence-corrected chi connectivity index (χ3v) is 2.86. The molecule has 0 radical (unpaired) electrons. The number of rotatable bonds is 5. The number of H-pyrrole nitrogens is 1. The lowest BCUT2D eigenvalue weighted by atomic mass is 10.3. The van der Waals surface area contributed by atoms with Gasteiger partial charge in [-0.25, -0.2) is 0 Å². The molecule has 0 aliphatic carbocycles. The van der Waals surface area contributed by atoms with Crippen LogP contribution in [0.2, 0.25) is 0 Å². The second-order valence-corrected chi connectivity index (χ2v) is 4.68. The lowest BCUT2D eigenvalue weighted by Gasteiger charge is -2.21. The minimum Gasteiger partial charge on any atom is -0.354 e. The Labute approximate surface area is 117 Å². The highest BCUT2D eigenvalue weighted by atomic mass is 16.2. The van der Waals surface area contributed by atoms with E-state index in [0.717, 1.165) is 11.9 Å². The zero-order chi connectivity index (χ0) is 14.7. The Morgan fingerprint density at radius 2 is 2.10 bits per heavy atom. The van der Waals surface area contributed by atoms with E-state index in [9.17, 15) is 4.79 Å². The molecule has 2 aromatic rings. The van der Waals surface area contributed by atoms with Crippen LogP contribution in [0.15, 0.2) is 6.20 Å². The van der Waals surface area contributed by atoms with Crippen LogP contribution >= 0.6 is 0 Å². The number of anilines is 2. The molecule has 0 aromatic carbocycles. The molecule has 0 bridgehead atoms. The van der Waals surface area contributed by atoms with Crippen molar-refractivity contribution in [2.24, 2.45) is 0 Å². The topological polar surface area (TPSA) is 90.0 Å². The van der Waals surface area contributed by atoms with Gasteiger partial charge in [0.2, 0.25) is 11.9 Å². The summed E-state index contributed by atoms with van der Waals surface area (Å²) in [6.07, 6.45) is 1.66. The average Bonchev–Trinajstić information content (AvgIpc) is 2.85. The first-order valence-corrected chi connectivity index (χ1v) is 6.39. The number of carbonyl (C=O) groups is 1. The molecule has 0 saturated heterocycles. The van der Waals surface area contributed by atoms with E-state index in [4.69, 9.17) is 0 Å². The minimum absolute atomic E-state index is 0.00718. The van der Waals surface area contributed by atoms with Crippen molar-refractivity contribution in [3.63, 3.8) is 0 Å². The summed E-state index contributed by atoms with van der Waals surface area (Å²) in [7, 11) is 5.28. The molecule has 0 fully saturated rings. The number of likely N-dealkylation sites (N-methyl/N-ethyl adjacent to an activating group) is 2. The number of amides is 1. The highest BCUT2D eigenvalue weighted by Crippen LogP contribution is 2.22. The van der Waals surface area contributed by atoms with Crippen LogP contribution in [0.25, 0.3) is 11.0 Å². The summed E-state index contributed by atoms with van der Waals surface area (Å²) in [5.74, 6) is 1.20. The van der Waals surface area contributed by atoms with Crippen LogP contribution in [0.4, 0.5) is 11.8 Å². The zero-order valence-corrected chi connectivity index (χ0v) is 12.1. The lowest BCUT2D eigenvalue weighted by Crippen LogP contribution is -2.34. The Morgan fingerprint density at radius 3 is 2.75 bits per heavy atom. The van der Waals surface area contributed by atoms with Crippen molar-refractivity contribution >= 4 is 28.7 Å². The lowest BCUT2D eigenvalue weighted by molar-refractivity contribution is -0.127. The molecule has 1 amide bonds. The third-order valence-electron chi connectivity index (χ3n) is 2.86. The van der Waals surface area contributed by atoms with Gasteiger partial charge in [-0.15, -0.1) is 0 Å². The summed E-state index contributed by atoms with van der Waals surface area (Å²) in [4.78, 5) is 23.9. The first kappa shape index (κ1) is 14.0. The number of carbonyl (C=O) groups excluding carboxylic acids is 1. The van der Waals surface area contributed by atoms with Crippen LogP contribution in [-0.2, 0) is 4.79 Å². The number of fused-ring (bicyclic) bond motifs is 1. The summed E-state index contributed by atoms with van der Waals surface area (Å²) < 4.78 is 0. The number of hydrogen-bond acceptors (Lipinski definition) is 6. The monoisotopic (exact) mass is 277 g/mol. The maximum absolute atomic E-state index is 11.8. The molecular formula is C12H19N7O. The van der Waals surface area contributed by atoms with E-state index in [1.165, 1.54) is 0 Å². The average molecular weight is 277 g/mol. The van der Waals surface area contributed by atoms with E-state index in [2.05, 4.69) is 25.5 Å². The van der Waals surface area contributed by atoms with Crippen LogP contribution in [0.1, 0.15) is 6.92 Å². The molecule has 8 heteroatoms. The van der Waals surface area contributed by atoms with Gasteiger partial charge in [0, 0.05) is 27.7 Å². The Balaban J connectivity index is 2.35. The minimum atomic E-state index is 0.00718. The summed E-state index contributed by atoms with van der Waals surface area (Å²) in [6, 6.07) is 0. The molecule has 0 aliphatic rings. The van der Waals surface area contributed by atoms with Crippen molar-refractivity contribution in [2.45, 2.75) is 6.92 Å². The van der Waals surface area contributed by atoms with E-state index in [1.54, 1.807) is 30.1 Å². The molecule has 108 valence electrons. The molecule has 2 N–H and O–H groups in total. The first-order chi connectivity index (χ1) is 9.52.